The zero-order valence-electron chi connectivity index (χ0n) is 16.0. The second-order valence-corrected chi connectivity index (χ2v) is 7.06. The predicted octanol–water partition coefficient (Wildman–Crippen LogP) is 3.12. The summed E-state index contributed by atoms with van der Waals surface area (Å²) in [6.07, 6.45) is 0.641. The van der Waals surface area contributed by atoms with Gasteiger partial charge in [0, 0.05) is 40.9 Å². The summed E-state index contributed by atoms with van der Waals surface area (Å²) in [5, 5.41) is 18.9. The summed E-state index contributed by atoms with van der Waals surface area (Å²) >= 11 is 0. The second kappa shape index (κ2) is 7.40. The Morgan fingerprint density at radius 3 is 2.23 bits per heavy atom. The fraction of sp³-hybridized carbons (Fsp3) is 0.136. The molecule has 8 heteroatoms. The van der Waals surface area contributed by atoms with Crippen molar-refractivity contribution in [3.05, 3.63) is 71.8 Å². The smallest absolute Gasteiger partial charge is 0.261 e. The molecule has 2 N–H and O–H groups in total. The molecule has 0 radical (unpaired) electrons. The number of amides is 2. The highest BCUT2D eigenvalue weighted by atomic mass is 16.2. The van der Waals surface area contributed by atoms with E-state index in [0.29, 0.717) is 36.5 Å². The van der Waals surface area contributed by atoms with Crippen LogP contribution in [0, 0.1) is 0 Å². The minimum absolute atomic E-state index is 0.228. The number of hydrogen-bond donors (Lipinski definition) is 2. The summed E-state index contributed by atoms with van der Waals surface area (Å²) in [6, 6.07) is 18.8. The number of aromatic amines is 1. The summed E-state index contributed by atoms with van der Waals surface area (Å²) in [5.41, 5.74) is 2.99. The lowest BCUT2D eigenvalue weighted by Gasteiger charge is -2.27. The Hall–Kier alpha value is -4.07. The van der Waals surface area contributed by atoms with E-state index in [1.54, 1.807) is 12.1 Å². The van der Waals surface area contributed by atoms with E-state index in [9.17, 15) is 9.59 Å². The van der Waals surface area contributed by atoms with Crippen molar-refractivity contribution in [2.45, 2.75) is 6.42 Å². The van der Waals surface area contributed by atoms with Gasteiger partial charge in [-0.25, -0.2) is 0 Å². The molecular formula is C22H18N6O2. The SMILES string of the molecule is O=C1c2cccc3cccc(c23)C(=O)N1CCCNc1ccc(-c2nn[nH]n2)cc1. The Morgan fingerprint density at radius 1 is 0.900 bits per heavy atom. The number of carbonyl (C=O) groups excluding carboxylic acids is 2. The van der Waals surface area contributed by atoms with Crippen molar-refractivity contribution in [2.75, 3.05) is 18.4 Å². The number of H-pyrrole nitrogens is 1. The highest BCUT2D eigenvalue weighted by Gasteiger charge is 2.31. The number of tetrazole rings is 1. The highest BCUT2D eigenvalue weighted by Crippen LogP contribution is 2.30. The maximum atomic E-state index is 12.9. The summed E-state index contributed by atoms with van der Waals surface area (Å²) < 4.78 is 0. The summed E-state index contributed by atoms with van der Waals surface area (Å²) in [5.74, 6) is 0.0847. The van der Waals surface area contributed by atoms with E-state index in [-0.39, 0.29) is 11.8 Å². The van der Waals surface area contributed by atoms with Crippen LogP contribution in [-0.4, -0.2) is 50.4 Å². The normalized spacial score (nSPS) is 13.1. The van der Waals surface area contributed by atoms with Crippen LogP contribution >= 0.6 is 0 Å². The molecule has 0 unspecified atom stereocenters. The molecule has 148 valence electrons. The van der Waals surface area contributed by atoms with E-state index < -0.39 is 0 Å². The van der Waals surface area contributed by atoms with Gasteiger partial charge in [-0.05, 0) is 53.4 Å². The molecule has 2 amide bonds. The molecule has 0 fully saturated rings. The van der Waals surface area contributed by atoms with Crippen LogP contribution in [0.15, 0.2) is 60.7 Å². The molecule has 2 heterocycles. The topological polar surface area (TPSA) is 104 Å². The number of nitrogens with one attached hydrogen (secondary N) is 2. The van der Waals surface area contributed by atoms with Crippen molar-refractivity contribution in [3.8, 4) is 11.4 Å². The van der Waals surface area contributed by atoms with Gasteiger partial charge in [-0.3, -0.25) is 14.5 Å². The largest absolute Gasteiger partial charge is 0.385 e. The number of carbonyl (C=O) groups is 2. The minimum Gasteiger partial charge on any atom is -0.385 e. The van der Waals surface area contributed by atoms with Gasteiger partial charge in [-0.15, -0.1) is 10.2 Å². The molecule has 1 aliphatic rings. The number of nitrogens with zero attached hydrogens (tertiary/aromatic N) is 4. The number of aromatic nitrogens is 4. The van der Waals surface area contributed by atoms with Crippen LogP contribution in [0.25, 0.3) is 22.2 Å². The van der Waals surface area contributed by atoms with Crippen molar-refractivity contribution in [1.29, 1.82) is 0 Å². The van der Waals surface area contributed by atoms with Gasteiger partial charge in [-0.2, -0.15) is 5.21 Å². The van der Waals surface area contributed by atoms with Gasteiger partial charge in [0.25, 0.3) is 11.8 Å². The summed E-state index contributed by atoms with van der Waals surface area (Å²) in [6.45, 7) is 0.987. The zero-order chi connectivity index (χ0) is 20.5. The standard InChI is InChI=1S/C22H18N6O2/c29-21-17-6-1-4-14-5-2-7-18(19(14)17)22(30)28(21)13-3-12-23-16-10-8-15(9-11-16)20-24-26-27-25-20/h1-2,4-11,23H,3,12-13H2,(H,24,25,26,27). The Labute approximate surface area is 171 Å². The van der Waals surface area contributed by atoms with Crippen LogP contribution in [0.3, 0.4) is 0 Å². The maximum Gasteiger partial charge on any atom is 0.261 e. The summed E-state index contributed by atoms with van der Waals surface area (Å²) in [4.78, 5) is 27.1. The van der Waals surface area contributed by atoms with Gasteiger partial charge in [-0.1, -0.05) is 24.3 Å². The van der Waals surface area contributed by atoms with Gasteiger partial charge in [0.2, 0.25) is 5.82 Å². The van der Waals surface area contributed by atoms with Crippen LogP contribution in [0.1, 0.15) is 27.1 Å². The van der Waals surface area contributed by atoms with Crippen molar-refractivity contribution in [3.63, 3.8) is 0 Å². The first-order valence-corrected chi connectivity index (χ1v) is 9.68. The Morgan fingerprint density at radius 2 is 1.60 bits per heavy atom. The molecule has 0 saturated heterocycles. The quantitative estimate of drug-likeness (QED) is 0.382. The number of hydrogen-bond acceptors (Lipinski definition) is 6. The van der Waals surface area contributed by atoms with Crippen LogP contribution in [0.2, 0.25) is 0 Å². The minimum atomic E-state index is -0.228. The fourth-order valence-corrected chi connectivity index (χ4v) is 3.77. The van der Waals surface area contributed by atoms with Crippen LogP contribution in [0.5, 0.6) is 0 Å². The van der Waals surface area contributed by atoms with Crippen molar-refractivity contribution >= 4 is 28.3 Å². The molecule has 8 nitrogen and oxygen atoms in total. The monoisotopic (exact) mass is 398 g/mol. The van der Waals surface area contributed by atoms with Crippen LogP contribution in [0.4, 0.5) is 5.69 Å². The molecule has 0 atom stereocenters. The van der Waals surface area contributed by atoms with E-state index in [0.717, 1.165) is 22.0 Å². The Balaban J connectivity index is 1.23. The Kier molecular flexibility index (Phi) is 4.44. The number of benzene rings is 3. The van der Waals surface area contributed by atoms with Gasteiger partial charge >= 0.3 is 0 Å². The number of anilines is 1. The van der Waals surface area contributed by atoms with Crippen LogP contribution < -0.4 is 5.32 Å². The lowest BCUT2D eigenvalue weighted by Crippen LogP contribution is -2.41. The van der Waals surface area contributed by atoms with Crippen LogP contribution in [-0.2, 0) is 0 Å². The van der Waals surface area contributed by atoms with Crippen molar-refractivity contribution in [2.24, 2.45) is 0 Å². The van der Waals surface area contributed by atoms with Crippen molar-refractivity contribution < 1.29 is 9.59 Å². The average molecular weight is 398 g/mol. The zero-order valence-corrected chi connectivity index (χ0v) is 16.0. The van der Waals surface area contributed by atoms with Crippen molar-refractivity contribution in [1.82, 2.24) is 25.5 Å². The van der Waals surface area contributed by atoms with E-state index >= 15 is 0 Å². The molecule has 0 saturated carbocycles. The average Bonchev–Trinajstić information content (AvgIpc) is 3.32. The van der Waals surface area contributed by atoms with E-state index in [1.807, 2.05) is 48.5 Å². The first-order valence-electron chi connectivity index (χ1n) is 9.68. The number of imide groups is 1. The highest BCUT2D eigenvalue weighted by molar-refractivity contribution is 6.25. The third-order valence-electron chi connectivity index (χ3n) is 5.23. The lowest BCUT2D eigenvalue weighted by molar-refractivity contribution is 0.0610. The molecule has 0 bridgehead atoms. The summed E-state index contributed by atoms with van der Waals surface area (Å²) in [7, 11) is 0. The molecule has 0 aliphatic carbocycles. The molecule has 1 aliphatic heterocycles. The van der Waals surface area contributed by atoms with Gasteiger partial charge in [0.1, 0.15) is 0 Å². The molecule has 4 aromatic rings. The third kappa shape index (κ3) is 3.08. The third-order valence-corrected chi connectivity index (χ3v) is 5.23. The van der Waals surface area contributed by atoms with Gasteiger partial charge in [0.15, 0.2) is 0 Å². The lowest BCUT2D eigenvalue weighted by atomic mass is 9.94. The number of rotatable bonds is 6. The van der Waals surface area contributed by atoms with Gasteiger partial charge < -0.3 is 5.32 Å². The Bertz CT molecular complexity index is 1180. The molecule has 0 spiro atoms. The fourth-order valence-electron chi connectivity index (χ4n) is 3.77. The molecule has 1 aromatic heterocycles. The van der Waals surface area contributed by atoms with E-state index in [4.69, 9.17) is 0 Å². The molecule has 3 aromatic carbocycles. The molecule has 5 rings (SSSR count). The van der Waals surface area contributed by atoms with E-state index in [1.165, 1.54) is 4.90 Å². The predicted molar refractivity (Wildman–Crippen MR) is 112 cm³/mol. The van der Waals surface area contributed by atoms with E-state index in [2.05, 4.69) is 25.9 Å². The molecular weight excluding hydrogens is 380 g/mol. The van der Waals surface area contributed by atoms with Gasteiger partial charge in [0.05, 0.1) is 0 Å². The maximum absolute atomic E-state index is 12.9. The first kappa shape index (κ1) is 18.0. The molecule has 30 heavy (non-hydrogen) atoms. The second-order valence-electron chi connectivity index (χ2n) is 7.06. The first-order chi connectivity index (χ1) is 14.7.